The van der Waals surface area contributed by atoms with Gasteiger partial charge in [0.15, 0.2) is 11.6 Å². The van der Waals surface area contributed by atoms with Crippen LogP contribution in [0.2, 0.25) is 0 Å². The smallest absolute Gasteiger partial charge is 0.410 e. The van der Waals surface area contributed by atoms with Gasteiger partial charge in [-0.25, -0.2) is 19.7 Å². The molecule has 25 heavy (non-hydrogen) atoms. The van der Waals surface area contributed by atoms with E-state index in [-0.39, 0.29) is 5.69 Å². The minimum Gasteiger partial charge on any atom is -0.444 e. The number of hydrogen-bond acceptors (Lipinski definition) is 7. The van der Waals surface area contributed by atoms with E-state index in [1.165, 1.54) is 28.3 Å². The summed E-state index contributed by atoms with van der Waals surface area (Å²) in [6.45, 7) is 7.15. The Balaban J connectivity index is 2.30. The molecule has 0 aliphatic rings. The molecule has 2 rings (SSSR count). The Kier molecular flexibility index (Phi) is 5.00. The van der Waals surface area contributed by atoms with Gasteiger partial charge in [-0.15, -0.1) is 0 Å². The average molecular weight is 347 g/mol. The third-order valence-electron chi connectivity index (χ3n) is 3.33. The molecule has 0 bridgehead atoms. The SMILES string of the molecule is C[C@@H](c1ncnn1-c1cc(C(N)=O)ncn1)N(C)C(=O)OC(C)(C)C. The molecule has 2 heterocycles. The molecule has 10 nitrogen and oxygen atoms in total. The van der Waals surface area contributed by atoms with Crippen molar-refractivity contribution in [3.8, 4) is 5.82 Å². The summed E-state index contributed by atoms with van der Waals surface area (Å²) in [7, 11) is 1.60. The normalized spacial score (nSPS) is 12.5. The number of nitrogens with two attached hydrogens (primary N) is 1. The second kappa shape index (κ2) is 6.83. The van der Waals surface area contributed by atoms with Gasteiger partial charge >= 0.3 is 6.09 Å². The first kappa shape index (κ1) is 18.3. The molecule has 0 unspecified atom stereocenters. The Morgan fingerprint density at radius 2 is 1.92 bits per heavy atom. The van der Waals surface area contributed by atoms with Crippen LogP contribution in [0.3, 0.4) is 0 Å². The summed E-state index contributed by atoms with van der Waals surface area (Å²) in [6.07, 6.45) is 2.05. The van der Waals surface area contributed by atoms with Crippen molar-refractivity contribution in [2.75, 3.05) is 7.05 Å². The fourth-order valence-corrected chi connectivity index (χ4v) is 1.97. The summed E-state index contributed by atoms with van der Waals surface area (Å²) < 4.78 is 6.77. The molecule has 2 aromatic rings. The van der Waals surface area contributed by atoms with Crippen molar-refractivity contribution < 1.29 is 14.3 Å². The first-order valence-corrected chi connectivity index (χ1v) is 7.58. The molecule has 0 aliphatic heterocycles. The lowest BCUT2D eigenvalue weighted by molar-refractivity contribution is 0.0225. The molecule has 0 aliphatic carbocycles. The van der Waals surface area contributed by atoms with Crippen LogP contribution >= 0.6 is 0 Å². The maximum Gasteiger partial charge on any atom is 0.410 e. The molecule has 2 aromatic heterocycles. The monoisotopic (exact) mass is 347 g/mol. The minimum atomic E-state index is -0.677. The average Bonchev–Trinajstić information content (AvgIpc) is 3.01. The molecular weight excluding hydrogens is 326 g/mol. The van der Waals surface area contributed by atoms with Gasteiger partial charge in [-0.05, 0) is 27.7 Å². The van der Waals surface area contributed by atoms with Crippen LogP contribution in [0.1, 0.15) is 50.0 Å². The third-order valence-corrected chi connectivity index (χ3v) is 3.33. The van der Waals surface area contributed by atoms with Crippen LogP contribution in [-0.2, 0) is 4.74 Å². The molecule has 0 aromatic carbocycles. The number of hydrogen-bond donors (Lipinski definition) is 1. The Morgan fingerprint density at radius 3 is 2.52 bits per heavy atom. The third kappa shape index (κ3) is 4.28. The number of carbonyl (C=O) groups excluding carboxylic acids is 2. The van der Waals surface area contributed by atoms with Crippen LogP contribution in [-0.4, -0.2) is 54.3 Å². The highest BCUT2D eigenvalue weighted by molar-refractivity contribution is 5.90. The van der Waals surface area contributed by atoms with Gasteiger partial charge in [0.2, 0.25) is 0 Å². The summed E-state index contributed by atoms with van der Waals surface area (Å²) in [5.74, 6) is 0.0902. The van der Waals surface area contributed by atoms with Crippen LogP contribution in [0.25, 0.3) is 5.82 Å². The molecule has 0 radical (unpaired) electrons. The summed E-state index contributed by atoms with van der Waals surface area (Å²) in [6, 6.07) is 0.949. The van der Waals surface area contributed by atoms with Crippen molar-refractivity contribution in [1.29, 1.82) is 0 Å². The van der Waals surface area contributed by atoms with E-state index in [0.717, 1.165) is 0 Å². The molecule has 134 valence electrons. The maximum atomic E-state index is 12.2. The molecule has 10 heteroatoms. The molecule has 0 spiro atoms. The van der Waals surface area contributed by atoms with Crippen molar-refractivity contribution in [2.45, 2.75) is 39.3 Å². The first-order valence-electron chi connectivity index (χ1n) is 7.58. The second-order valence-electron chi connectivity index (χ2n) is 6.42. The lowest BCUT2D eigenvalue weighted by atomic mass is 10.2. The molecule has 0 fully saturated rings. The quantitative estimate of drug-likeness (QED) is 0.876. The van der Waals surface area contributed by atoms with E-state index in [1.54, 1.807) is 34.7 Å². The molecule has 1 atom stereocenters. The van der Waals surface area contributed by atoms with E-state index >= 15 is 0 Å². The fraction of sp³-hybridized carbons (Fsp3) is 0.467. The number of primary amides is 1. The van der Waals surface area contributed by atoms with Gasteiger partial charge in [0.05, 0.1) is 6.04 Å². The zero-order chi connectivity index (χ0) is 18.8. The molecule has 2 amide bonds. The Morgan fingerprint density at radius 1 is 1.24 bits per heavy atom. The minimum absolute atomic E-state index is 0.0552. The predicted octanol–water partition coefficient (Wildman–Crippen LogP) is 1.08. The van der Waals surface area contributed by atoms with Crippen molar-refractivity contribution in [1.82, 2.24) is 29.6 Å². The standard InChI is InChI=1S/C15H21N7O3/c1-9(21(5)14(24)25-15(2,3)4)13-19-8-20-22(13)11-6-10(12(16)23)17-7-18-11/h6-9H,1-5H3,(H2,16,23)/t9-/m0/s1. The summed E-state index contributed by atoms with van der Waals surface area (Å²) in [4.78, 5) is 37.0. The van der Waals surface area contributed by atoms with Gasteiger partial charge in [-0.1, -0.05) is 0 Å². The van der Waals surface area contributed by atoms with E-state index in [1.807, 2.05) is 0 Å². The Bertz CT molecular complexity index is 781. The highest BCUT2D eigenvalue weighted by Crippen LogP contribution is 2.21. The van der Waals surface area contributed by atoms with Gasteiger partial charge in [-0.2, -0.15) is 9.78 Å². The van der Waals surface area contributed by atoms with Gasteiger partial charge in [-0.3, -0.25) is 4.79 Å². The van der Waals surface area contributed by atoms with Gasteiger partial charge in [0.25, 0.3) is 5.91 Å². The van der Waals surface area contributed by atoms with Gasteiger partial charge in [0, 0.05) is 13.1 Å². The van der Waals surface area contributed by atoms with Crippen LogP contribution in [0.15, 0.2) is 18.7 Å². The van der Waals surface area contributed by atoms with E-state index < -0.39 is 23.6 Å². The number of amides is 2. The summed E-state index contributed by atoms with van der Waals surface area (Å²) in [5.41, 5.74) is 4.68. The Labute approximate surface area is 145 Å². The van der Waals surface area contributed by atoms with Crippen molar-refractivity contribution in [3.63, 3.8) is 0 Å². The van der Waals surface area contributed by atoms with Crippen molar-refractivity contribution in [2.24, 2.45) is 5.73 Å². The highest BCUT2D eigenvalue weighted by atomic mass is 16.6. The van der Waals surface area contributed by atoms with Crippen molar-refractivity contribution >= 4 is 12.0 Å². The van der Waals surface area contributed by atoms with E-state index in [9.17, 15) is 9.59 Å². The largest absolute Gasteiger partial charge is 0.444 e. The van der Waals surface area contributed by atoms with E-state index in [0.29, 0.717) is 11.6 Å². The number of ether oxygens (including phenoxy) is 1. The molecule has 0 saturated carbocycles. The lowest BCUT2D eigenvalue weighted by Crippen LogP contribution is -2.36. The van der Waals surface area contributed by atoms with Gasteiger partial charge < -0.3 is 15.4 Å². The molecule has 2 N–H and O–H groups in total. The van der Waals surface area contributed by atoms with Crippen LogP contribution in [0, 0.1) is 0 Å². The van der Waals surface area contributed by atoms with Gasteiger partial charge in [0.1, 0.15) is 23.9 Å². The summed E-state index contributed by atoms with van der Waals surface area (Å²) in [5, 5.41) is 4.11. The topological polar surface area (TPSA) is 129 Å². The van der Waals surface area contributed by atoms with Crippen LogP contribution < -0.4 is 5.73 Å². The summed E-state index contributed by atoms with van der Waals surface area (Å²) >= 11 is 0. The number of carbonyl (C=O) groups is 2. The number of aromatic nitrogens is 5. The predicted molar refractivity (Wildman–Crippen MR) is 87.9 cm³/mol. The zero-order valence-corrected chi connectivity index (χ0v) is 14.8. The molecular formula is C15H21N7O3. The number of nitrogens with zero attached hydrogens (tertiary/aromatic N) is 6. The van der Waals surface area contributed by atoms with Crippen LogP contribution in [0.5, 0.6) is 0 Å². The van der Waals surface area contributed by atoms with E-state index in [4.69, 9.17) is 10.5 Å². The number of rotatable bonds is 4. The van der Waals surface area contributed by atoms with E-state index in [2.05, 4.69) is 20.1 Å². The highest BCUT2D eigenvalue weighted by Gasteiger charge is 2.27. The van der Waals surface area contributed by atoms with Crippen molar-refractivity contribution in [3.05, 3.63) is 30.2 Å². The first-order chi connectivity index (χ1) is 11.6. The second-order valence-corrected chi connectivity index (χ2v) is 6.42. The Hall–Kier alpha value is -3.04. The maximum absolute atomic E-state index is 12.2. The lowest BCUT2D eigenvalue weighted by Gasteiger charge is -2.28. The van der Waals surface area contributed by atoms with Crippen LogP contribution in [0.4, 0.5) is 4.79 Å². The zero-order valence-electron chi connectivity index (χ0n) is 14.8. The molecule has 0 saturated heterocycles. The fourth-order valence-electron chi connectivity index (χ4n) is 1.97.